The minimum absolute atomic E-state index is 0.0813. The van der Waals surface area contributed by atoms with E-state index in [2.05, 4.69) is 25.3 Å². The molecule has 2 atom stereocenters. The summed E-state index contributed by atoms with van der Waals surface area (Å²) in [5.74, 6) is 1.46. The lowest BCUT2D eigenvalue weighted by Gasteiger charge is -2.23. The second kappa shape index (κ2) is 9.13. The van der Waals surface area contributed by atoms with Crippen molar-refractivity contribution in [3.8, 4) is 11.6 Å². The second-order valence-corrected chi connectivity index (χ2v) is 7.70. The van der Waals surface area contributed by atoms with Crippen LogP contribution >= 0.6 is 0 Å². The maximum atomic E-state index is 13.0. The molecule has 1 aliphatic heterocycles. The lowest BCUT2D eigenvalue weighted by atomic mass is 10.0. The van der Waals surface area contributed by atoms with E-state index in [4.69, 9.17) is 9.47 Å². The van der Waals surface area contributed by atoms with E-state index in [1.807, 2.05) is 20.8 Å². The first-order valence-corrected chi connectivity index (χ1v) is 10.2. The molecule has 0 spiro atoms. The largest absolute Gasteiger partial charge is 0.447 e. The van der Waals surface area contributed by atoms with Crippen molar-refractivity contribution in [3.05, 3.63) is 60.4 Å². The number of aromatic nitrogens is 4. The van der Waals surface area contributed by atoms with Crippen LogP contribution in [0.4, 0.5) is 21.0 Å². The van der Waals surface area contributed by atoms with Gasteiger partial charge in [0, 0.05) is 6.20 Å². The number of benzene rings is 1. The average molecular weight is 438 g/mol. The molecule has 1 aliphatic rings. The molecule has 0 aliphatic carbocycles. The van der Waals surface area contributed by atoms with Crippen LogP contribution in [0.1, 0.15) is 32.5 Å². The average Bonchev–Trinajstić information content (AvgIpc) is 3.18. The van der Waals surface area contributed by atoms with Crippen LogP contribution < -0.4 is 15.0 Å². The Bertz CT molecular complexity index is 1080. The molecule has 1 amide bonds. The minimum atomic E-state index is -0.413. The molecule has 2 aromatic heterocycles. The Kier molecular flexibility index (Phi) is 6.11. The molecule has 10 heteroatoms. The van der Waals surface area contributed by atoms with Gasteiger partial charge in [0.05, 0.1) is 30.2 Å². The predicted octanol–water partition coefficient (Wildman–Crippen LogP) is 4.35. The van der Waals surface area contributed by atoms with Crippen molar-refractivity contribution in [3.63, 3.8) is 0 Å². The highest BCUT2D eigenvalue weighted by molar-refractivity contribution is 5.89. The van der Waals surface area contributed by atoms with Gasteiger partial charge >= 0.3 is 6.09 Å². The van der Waals surface area contributed by atoms with E-state index >= 15 is 0 Å². The Balaban J connectivity index is 1.43. The van der Waals surface area contributed by atoms with E-state index in [1.165, 1.54) is 30.5 Å². The summed E-state index contributed by atoms with van der Waals surface area (Å²) in [6, 6.07) is 6.98. The third-order valence-corrected chi connectivity index (χ3v) is 5.04. The molecule has 9 nitrogen and oxygen atoms in total. The van der Waals surface area contributed by atoms with Gasteiger partial charge in [-0.3, -0.25) is 9.88 Å². The number of nitrogens with one attached hydrogen (secondary N) is 1. The molecular weight excluding hydrogens is 415 g/mol. The quantitative estimate of drug-likeness (QED) is 0.581. The molecule has 4 rings (SSSR count). The third-order valence-electron chi connectivity index (χ3n) is 5.04. The number of carbonyl (C=O) groups is 1. The first kappa shape index (κ1) is 21.4. The molecule has 3 aromatic rings. The predicted molar refractivity (Wildman–Crippen MR) is 115 cm³/mol. The smallest absolute Gasteiger partial charge is 0.415 e. The maximum Gasteiger partial charge on any atom is 0.415 e. The normalized spacial score (nSPS) is 16.7. The highest BCUT2D eigenvalue weighted by atomic mass is 19.1. The SMILES string of the molecule is CC(C)C1COC(=O)N1c1ccnc(N[C@@H](C)c2cnc(Oc3ccc(F)cc3)cn2)n1. The Labute approximate surface area is 184 Å². The summed E-state index contributed by atoms with van der Waals surface area (Å²) < 4.78 is 23.8. The number of amides is 1. The molecule has 3 heterocycles. The Hall–Kier alpha value is -3.82. The van der Waals surface area contributed by atoms with Crippen LogP contribution in [-0.4, -0.2) is 38.7 Å². The molecule has 1 aromatic carbocycles. The van der Waals surface area contributed by atoms with Gasteiger partial charge in [0.1, 0.15) is 24.0 Å². The monoisotopic (exact) mass is 438 g/mol. The van der Waals surface area contributed by atoms with Crippen LogP contribution in [0.25, 0.3) is 0 Å². The van der Waals surface area contributed by atoms with Crippen LogP contribution in [0.5, 0.6) is 11.6 Å². The number of carbonyl (C=O) groups excluding carboxylic acids is 1. The van der Waals surface area contributed by atoms with Gasteiger partial charge < -0.3 is 14.8 Å². The van der Waals surface area contributed by atoms with Gasteiger partial charge in [0.15, 0.2) is 0 Å². The fourth-order valence-corrected chi connectivity index (χ4v) is 3.24. The van der Waals surface area contributed by atoms with Crippen molar-refractivity contribution in [1.29, 1.82) is 0 Å². The molecule has 1 N–H and O–H groups in total. The Morgan fingerprint density at radius 3 is 2.59 bits per heavy atom. The maximum absolute atomic E-state index is 13.0. The number of hydrogen-bond acceptors (Lipinski definition) is 8. The first-order valence-electron chi connectivity index (χ1n) is 10.2. The van der Waals surface area contributed by atoms with Crippen molar-refractivity contribution in [1.82, 2.24) is 19.9 Å². The van der Waals surface area contributed by atoms with Crippen molar-refractivity contribution >= 4 is 17.9 Å². The number of hydrogen-bond donors (Lipinski definition) is 1. The van der Waals surface area contributed by atoms with Gasteiger partial charge in [0.25, 0.3) is 0 Å². The fourth-order valence-electron chi connectivity index (χ4n) is 3.24. The number of rotatable bonds is 7. The molecule has 0 bridgehead atoms. The van der Waals surface area contributed by atoms with Crippen molar-refractivity contribution in [2.75, 3.05) is 16.8 Å². The molecule has 166 valence electrons. The van der Waals surface area contributed by atoms with Crippen LogP contribution in [0.15, 0.2) is 48.9 Å². The Morgan fingerprint density at radius 1 is 1.12 bits per heavy atom. The minimum Gasteiger partial charge on any atom is -0.447 e. The summed E-state index contributed by atoms with van der Waals surface area (Å²) in [6.45, 7) is 6.29. The van der Waals surface area contributed by atoms with Gasteiger partial charge in [-0.1, -0.05) is 13.8 Å². The summed E-state index contributed by atoms with van der Waals surface area (Å²) >= 11 is 0. The highest BCUT2D eigenvalue weighted by Crippen LogP contribution is 2.27. The third kappa shape index (κ3) is 4.74. The van der Waals surface area contributed by atoms with Gasteiger partial charge in [-0.05, 0) is 43.2 Å². The summed E-state index contributed by atoms with van der Waals surface area (Å²) in [7, 11) is 0. The van der Waals surface area contributed by atoms with Gasteiger partial charge in [-0.25, -0.2) is 19.2 Å². The summed E-state index contributed by atoms with van der Waals surface area (Å²) in [6.07, 6.45) is 4.24. The summed E-state index contributed by atoms with van der Waals surface area (Å²) in [4.78, 5) is 31.1. The van der Waals surface area contributed by atoms with E-state index in [9.17, 15) is 9.18 Å². The van der Waals surface area contributed by atoms with E-state index in [-0.39, 0.29) is 29.7 Å². The number of halogens is 1. The topological polar surface area (TPSA) is 102 Å². The van der Waals surface area contributed by atoms with Crippen molar-refractivity contribution in [2.45, 2.75) is 32.9 Å². The zero-order valence-corrected chi connectivity index (χ0v) is 17.9. The lowest BCUT2D eigenvalue weighted by molar-refractivity contribution is 0.177. The van der Waals surface area contributed by atoms with Crippen LogP contribution in [-0.2, 0) is 4.74 Å². The summed E-state index contributed by atoms with van der Waals surface area (Å²) in [5.41, 5.74) is 0.645. The number of ether oxygens (including phenoxy) is 2. The van der Waals surface area contributed by atoms with E-state index in [1.54, 1.807) is 23.4 Å². The standard InChI is InChI=1S/C22H23FN6O3/c1-13(2)18-12-31-22(30)29(18)19-8-9-24-21(28-19)27-14(3)17-10-26-20(11-25-17)32-16-6-4-15(23)5-7-16/h4-11,13-14,18H,12H2,1-3H3,(H,24,27,28)/t14-,18?/m0/s1. The van der Waals surface area contributed by atoms with E-state index < -0.39 is 6.09 Å². The number of cyclic esters (lactones) is 1. The van der Waals surface area contributed by atoms with Crippen molar-refractivity contribution in [2.24, 2.45) is 5.92 Å². The lowest BCUT2D eigenvalue weighted by Crippen LogP contribution is -2.37. The number of anilines is 2. The first-order chi connectivity index (χ1) is 15.4. The van der Waals surface area contributed by atoms with Crippen molar-refractivity contribution < 1.29 is 18.7 Å². The van der Waals surface area contributed by atoms with Gasteiger partial charge in [0.2, 0.25) is 11.8 Å². The van der Waals surface area contributed by atoms with Gasteiger partial charge in [-0.2, -0.15) is 4.98 Å². The van der Waals surface area contributed by atoms with E-state index in [0.717, 1.165) is 0 Å². The Morgan fingerprint density at radius 2 is 1.91 bits per heavy atom. The summed E-state index contributed by atoms with van der Waals surface area (Å²) in [5, 5.41) is 3.17. The molecule has 1 unspecified atom stereocenters. The van der Waals surface area contributed by atoms with Crippen LogP contribution in [0.3, 0.4) is 0 Å². The molecule has 1 fully saturated rings. The zero-order chi connectivity index (χ0) is 22.7. The van der Waals surface area contributed by atoms with E-state index in [0.29, 0.717) is 29.8 Å². The number of nitrogens with zero attached hydrogens (tertiary/aromatic N) is 5. The molecule has 1 saturated heterocycles. The zero-order valence-electron chi connectivity index (χ0n) is 17.9. The second-order valence-electron chi connectivity index (χ2n) is 7.70. The molecular formula is C22H23FN6O3. The molecule has 32 heavy (non-hydrogen) atoms. The fraction of sp³-hybridized carbons (Fsp3) is 0.318. The van der Waals surface area contributed by atoms with Crippen LogP contribution in [0.2, 0.25) is 0 Å². The van der Waals surface area contributed by atoms with Crippen LogP contribution in [0, 0.1) is 11.7 Å². The molecule has 0 radical (unpaired) electrons. The highest BCUT2D eigenvalue weighted by Gasteiger charge is 2.37. The van der Waals surface area contributed by atoms with Gasteiger partial charge in [-0.15, -0.1) is 0 Å². The molecule has 0 saturated carbocycles.